The molecule has 1 N–H and O–H groups in total. The van der Waals surface area contributed by atoms with E-state index < -0.39 is 0 Å². The standard InChI is InChI=1S/C17H26N4/c1-5-14(4)21-10-8-15(20-21)12-17(18-6-2)16-11-13(3)7-9-19-16/h7-11,14,17-18H,5-6,12H2,1-4H3. The Balaban J connectivity index is 2.14. The molecule has 0 aliphatic carbocycles. The normalized spacial score (nSPS) is 14.1. The number of hydrogen-bond acceptors (Lipinski definition) is 3. The van der Waals surface area contributed by atoms with Gasteiger partial charge in [-0.1, -0.05) is 13.8 Å². The number of pyridine rings is 1. The van der Waals surface area contributed by atoms with E-state index in [-0.39, 0.29) is 6.04 Å². The average molecular weight is 286 g/mol. The fourth-order valence-electron chi connectivity index (χ4n) is 2.41. The molecular formula is C17H26N4. The minimum Gasteiger partial charge on any atom is -0.309 e. The van der Waals surface area contributed by atoms with Crippen LogP contribution in [0, 0.1) is 6.92 Å². The molecule has 0 saturated carbocycles. The average Bonchev–Trinajstić information content (AvgIpc) is 2.94. The number of rotatable bonds is 7. The van der Waals surface area contributed by atoms with Crippen LogP contribution in [0.2, 0.25) is 0 Å². The molecule has 0 radical (unpaired) electrons. The lowest BCUT2D eigenvalue weighted by Gasteiger charge is -2.17. The lowest BCUT2D eigenvalue weighted by atomic mass is 10.1. The number of nitrogens with one attached hydrogen (secondary N) is 1. The summed E-state index contributed by atoms with van der Waals surface area (Å²) < 4.78 is 2.06. The maximum atomic E-state index is 4.70. The van der Waals surface area contributed by atoms with Gasteiger partial charge in [-0.05, 0) is 50.6 Å². The van der Waals surface area contributed by atoms with Crippen LogP contribution < -0.4 is 5.32 Å². The van der Waals surface area contributed by atoms with Crippen LogP contribution in [-0.4, -0.2) is 21.3 Å². The maximum absolute atomic E-state index is 4.70. The van der Waals surface area contributed by atoms with Crippen LogP contribution >= 0.6 is 0 Å². The fraction of sp³-hybridized carbons (Fsp3) is 0.529. The molecule has 2 atom stereocenters. The Morgan fingerprint density at radius 3 is 2.76 bits per heavy atom. The van der Waals surface area contributed by atoms with E-state index in [0.29, 0.717) is 6.04 Å². The summed E-state index contributed by atoms with van der Waals surface area (Å²) in [6.45, 7) is 9.53. The molecule has 2 aromatic rings. The van der Waals surface area contributed by atoms with Crippen molar-refractivity contribution in [2.45, 2.75) is 52.6 Å². The van der Waals surface area contributed by atoms with Crippen LogP contribution in [0.3, 0.4) is 0 Å². The van der Waals surface area contributed by atoms with Crippen molar-refractivity contribution in [3.63, 3.8) is 0 Å². The summed E-state index contributed by atoms with van der Waals surface area (Å²) in [6.07, 6.45) is 5.92. The molecule has 4 heteroatoms. The van der Waals surface area contributed by atoms with Gasteiger partial charge in [-0.25, -0.2) is 0 Å². The van der Waals surface area contributed by atoms with Gasteiger partial charge in [-0.3, -0.25) is 9.67 Å². The first-order chi connectivity index (χ1) is 10.1. The van der Waals surface area contributed by atoms with Crippen molar-refractivity contribution < 1.29 is 0 Å². The Hall–Kier alpha value is -1.68. The molecular weight excluding hydrogens is 260 g/mol. The zero-order chi connectivity index (χ0) is 15.2. The molecule has 0 amide bonds. The smallest absolute Gasteiger partial charge is 0.0644 e. The van der Waals surface area contributed by atoms with Gasteiger partial charge in [0, 0.05) is 24.9 Å². The molecule has 0 saturated heterocycles. The Labute approximate surface area is 127 Å². The Morgan fingerprint density at radius 1 is 1.29 bits per heavy atom. The minimum absolute atomic E-state index is 0.218. The number of nitrogens with zero attached hydrogens (tertiary/aromatic N) is 3. The molecule has 2 unspecified atom stereocenters. The number of aryl methyl sites for hydroxylation is 1. The van der Waals surface area contributed by atoms with E-state index >= 15 is 0 Å². The molecule has 21 heavy (non-hydrogen) atoms. The van der Waals surface area contributed by atoms with Crippen molar-refractivity contribution >= 4 is 0 Å². The highest BCUT2D eigenvalue weighted by atomic mass is 15.3. The van der Waals surface area contributed by atoms with Crippen molar-refractivity contribution in [3.05, 3.63) is 47.5 Å². The number of likely N-dealkylation sites (N-methyl/N-ethyl adjacent to an activating group) is 1. The third kappa shape index (κ3) is 4.14. The van der Waals surface area contributed by atoms with Gasteiger partial charge in [0.15, 0.2) is 0 Å². The Bertz CT molecular complexity index is 561. The maximum Gasteiger partial charge on any atom is 0.0644 e. The van der Waals surface area contributed by atoms with E-state index in [4.69, 9.17) is 5.10 Å². The fourth-order valence-corrected chi connectivity index (χ4v) is 2.41. The summed E-state index contributed by atoms with van der Waals surface area (Å²) >= 11 is 0. The highest BCUT2D eigenvalue weighted by Crippen LogP contribution is 2.18. The van der Waals surface area contributed by atoms with Gasteiger partial charge < -0.3 is 5.32 Å². The zero-order valence-electron chi connectivity index (χ0n) is 13.5. The predicted octanol–water partition coefficient (Wildman–Crippen LogP) is 3.45. The van der Waals surface area contributed by atoms with E-state index in [0.717, 1.165) is 30.8 Å². The Morgan fingerprint density at radius 2 is 2.10 bits per heavy atom. The van der Waals surface area contributed by atoms with Gasteiger partial charge in [0.1, 0.15) is 0 Å². The van der Waals surface area contributed by atoms with Crippen LogP contribution in [0.5, 0.6) is 0 Å². The lowest BCUT2D eigenvalue weighted by molar-refractivity contribution is 0.465. The first-order valence-electron chi connectivity index (χ1n) is 7.84. The number of aromatic nitrogens is 3. The van der Waals surface area contributed by atoms with Crippen LogP contribution in [0.1, 0.15) is 56.2 Å². The second-order valence-electron chi connectivity index (χ2n) is 5.62. The highest BCUT2D eigenvalue weighted by molar-refractivity contribution is 5.19. The van der Waals surface area contributed by atoms with Crippen LogP contribution in [0.4, 0.5) is 0 Å². The summed E-state index contributed by atoms with van der Waals surface area (Å²) in [5.74, 6) is 0. The molecule has 2 heterocycles. The largest absolute Gasteiger partial charge is 0.309 e. The van der Waals surface area contributed by atoms with Gasteiger partial charge in [-0.2, -0.15) is 5.10 Å². The van der Waals surface area contributed by atoms with E-state index in [1.165, 1.54) is 5.56 Å². The van der Waals surface area contributed by atoms with Crippen LogP contribution in [0.15, 0.2) is 30.6 Å². The van der Waals surface area contributed by atoms with E-state index in [9.17, 15) is 0 Å². The van der Waals surface area contributed by atoms with Gasteiger partial charge in [-0.15, -0.1) is 0 Å². The molecule has 0 aliphatic rings. The predicted molar refractivity (Wildman–Crippen MR) is 86.3 cm³/mol. The third-order valence-corrected chi connectivity index (χ3v) is 3.86. The summed E-state index contributed by atoms with van der Waals surface area (Å²) in [4.78, 5) is 4.52. The quantitative estimate of drug-likeness (QED) is 0.847. The third-order valence-electron chi connectivity index (χ3n) is 3.86. The van der Waals surface area contributed by atoms with Gasteiger partial charge in [0.2, 0.25) is 0 Å². The molecule has 0 spiro atoms. The van der Waals surface area contributed by atoms with Gasteiger partial charge >= 0.3 is 0 Å². The number of hydrogen-bond donors (Lipinski definition) is 1. The Kier molecular flexibility index (Phi) is 5.51. The minimum atomic E-state index is 0.218. The summed E-state index contributed by atoms with van der Waals surface area (Å²) in [6, 6.07) is 6.97. The monoisotopic (exact) mass is 286 g/mol. The van der Waals surface area contributed by atoms with E-state index in [1.807, 2.05) is 12.3 Å². The van der Waals surface area contributed by atoms with Gasteiger partial charge in [0.25, 0.3) is 0 Å². The summed E-state index contributed by atoms with van der Waals surface area (Å²) in [5, 5.41) is 8.22. The van der Waals surface area contributed by atoms with E-state index in [1.54, 1.807) is 0 Å². The van der Waals surface area contributed by atoms with E-state index in [2.05, 4.69) is 61.0 Å². The highest BCUT2D eigenvalue weighted by Gasteiger charge is 2.15. The molecule has 0 aromatic carbocycles. The molecule has 2 aromatic heterocycles. The molecule has 4 nitrogen and oxygen atoms in total. The first-order valence-corrected chi connectivity index (χ1v) is 7.84. The topological polar surface area (TPSA) is 42.7 Å². The first kappa shape index (κ1) is 15.7. The summed E-state index contributed by atoms with van der Waals surface area (Å²) in [7, 11) is 0. The van der Waals surface area contributed by atoms with Crippen molar-refractivity contribution in [2.24, 2.45) is 0 Å². The molecule has 2 rings (SSSR count). The molecule has 114 valence electrons. The molecule has 0 aliphatic heterocycles. The van der Waals surface area contributed by atoms with Crippen LogP contribution in [0.25, 0.3) is 0 Å². The van der Waals surface area contributed by atoms with Gasteiger partial charge in [0.05, 0.1) is 17.4 Å². The summed E-state index contributed by atoms with van der Waals surface area (Å²) in [5.41, 5.74) is 3.45. The van der Waals surface area contributed by atoms with Crippen molar-refractivity contribution in [3.8, 4) is 0 Å². The van der Waals surface area contributed by atoms with Crippen molar-refractivity contribution in [1.82, 2.24) is 20.1 Å². The lowest BCUT2D eigenvalue weighted by Crippen LogP contribution is -2.24. The van der Waals surface area contributed by atoms with Crippen molar-refractivity contribution in [2.75, 3.05) is 6.54 Å². The van der Waals surface area contributed by atoms with Crippen LogP contribution in [-0.2, 0) is 6.42 Å². The molecule has 0 fully saturated rings. The molecule has 0 bridgehead atoms. The van der Waals surface area contributed by atoms with Crippen molar-refractivity contribution in [1.29, 1.82) is 0 Å². The second kappa shape index (κ2) is 7.36. The SMILES string of the molecule is CCNC(Cc1ccn(C(C)CC)n1)c1cc(C)ccn1. The zero-order valence-corrected chi connectivity index (χ0v) is 13.5. The second-order valence-corrected chi connectivity index (χ2v) is 5.62.